The zero-order chi connectivity index (χ0) is 24.9. The maximum Gasteiger partial charge on any atom is 0.316 e. The van der Waals surface area contributed by atoms with Gasteiger partial charge in [0.2, 0.25) is 15.2 Å². The first-order valence-corrected chi connectivity index (χ1v) is 13.8. The van der Waals surface area contributed by atoms with Crippen LogP contribution in [0.1, 0.15) is 15.9 Å². The predicted molar refractivity (Wildman–Crippen MR) is 135 cm³/mol. The quantitative estimate of drug-likeness (QED) is 0.233. The van der Waals surface area contributed by atoms with Crippen LogP contribution in [-0.4, -0.2) is 49.6 Å². The number of nitrogens with zero attached hydrogens (tertiary/aromatic N) is 3. The van der Waals surface area contributed by atoms with E-state index in [-0.39, 0.29) is 17.4 Å². The summed E-state index contributed by atoms with van der Waals surface area (Å²) in [5, 5.41) is 11.3. The lowest BCUT2D eigenvalue weighted by atomic mass is 10.1. The van der Waals surface area contributed by atoms with Crippen LogP contribution in [0.2, 0.25) is 10.0 Å². The molecule has 2 aromatic carbocycles. The van der Waals surface area contributed by atoms with Gasteiger partial charge in [-0.25, -0.2) is 8.42 Å². The van der Waals surface area contributed by atoms with Gasteiger partial charge in [0.25, 0.3) is 5.91 Å². The number of amides is 1. The van der Waals surface area contributed by atoms with Crippen LogP contribution in [0.15, 0.2) is 46.8 Å². The largest absolute Gasteiger partial charge is 0.468 e. The molecule has 3 aromatic rings. The Labute approximate surface area is 214 Å². The summed E-state index contributed by atoms with van der Waals surface area (Å²) in [4.78, 5) is 23.7. The van der Waals surface area contributed by atoms with Gasteiger partial charge in [-0.2, -0.15) is 0 Å². The molecule has 0 radical (unpaired) electrons. The molecule has 0 fully saturated rings. The van der Waals surface area contributed by atoms with Crippen molar-refractivity contribution in [2.24, 2.45) is 0 Å². The van der Waals surface area contributed by atoms with E-state index < -0.39 is 21.9 Å². The average molecular weight is 561 g/mol. The number of sulfonamides is 1. The molecule has 34 heavy (non-hydrogen) atoms. The Kier molecular flexibility index (Phi) is 8.77. The minimum atomic E-state index is -3.63. The molecular formula is C20H18Cl2N4O5S3. The van der Waals surface area contributed by atoms with Crippen molar-refractivity contribution in [3.05, 3.63) is 63.6 Å². The Hall–Kier alpha value is -2.38. The van der Waals surface area contributed by atoms with Crippen molar-refractivity contribution in [2.45, 2.75) is 10.9 Å². The van der Waals surface area contributed by atoms with Crippen LogP contribution < -0.4 is 9.62 Å². The van der Waals surface area contributed by atoms with Gasteiger partial charge in [-0.3, -0.25) is 19.2 Å². The highest BCUT2D eigenvalue weighted by molar-refractivity contribution is 8.01. The van der Waals surface area contributed by atoms with Gasteiger partial charge in [0, 0.05) is 15.6 Å². The molecule has 9 nitrogen and oxygen atoms in total. The smallest absolute Gasteiger partial charge is 0.316 e. The van der Waals surface area contributed by atoms with Crippen LogP contribution in [0.25, 0.3) is 0 Å². The van der Waals surface area contributed by atoms with Crippen molar-refractivity contribution < 1.29 is 22.7 Å². The Bertz CT molecular complexity index is 1280. The number of hydrogen-bond donors (Lipinski definition) is 1. The number of carbonyl (C=O) groups is 2. The Balaban J connectivity index is 1.68. The summed E-state index contributed by atoms with van der Waals surface area (Å²) in [5.74, 6) is -0.709. The molecule has 0 saturated carbocycles. The number of thioether (sulfide) groups is 1. The highest BCUT2D eigenvalue weighted by atomic mass is 35.5. The molecule has 14 heteroatoms. The van der Waals surface area contributed by atoms with Gasteiger partial charge in [-0.1, -0.05) is 58.4 Å². The lowest BCUT2D eigenvalue weighted by Gasteiger charge is -2.23. The predicted octanol–water partition coefficient (Wildman–Crippen LogP) is 4.33. The molecule has 180 valence electrons. The highest BCUT2D eigenvalue weighted by Crippen LogP contribution is 2.29. The van der Waals surface area contributed by atoms with Gasteiger partial charge >= 0.3 is 5.97 Å². The van der Waals surface area contributed by atoms with Gasteiger partial charge < -0.3 is 4.74 Å². The van der Waals surface area contributed by atoms with Crippen molar-refractivity contribution in [1.82, 2.24) is 10.2 Å². The summed E-state index contributed by atoms with van der Waals surface area (Å²) >= 11 is 14.3. The van der Waals surface area contributed by atoms with E-state index in [4.69, 9.17) is 23.2 Å². The number of nitrogens with one attached hydrogen (secondary N) is 1. The molecular weight excluding hydrogens is 543 g/mol. The fourth-order valence-corrected chi connectivity index (χ4v) is 5.64. The maximum atomic E-state index is 12.5. The fourth-order valence-electron chi connectivity index (χ4n) is 2.68. The van der Waals surface area contributed by atoms with Crippen molar-refractivity contribution in [1.29, 1.82) is 0 Å². The molecule has 1 N–H and O–H groups in total. The van der Waals surface area contributed by atoms with Crippen molar-refractivity contribution >= 4 is 79.0 Å². The van der Waals surface area contributed by atoms with E-state index in [0.29, 0.717) is 31.2 Å². The summed E-state index contributed by atoms with van der Waals surface area (Å²) in [6.45, 7) is 0.0224. The molecule has 0 saturated heterocycles. The number of ether oxygens (including phenoxy) is 1. The molecule has 0 aliphatic carbocycles. The molecule has 1 amide bonds. The number of halogens is 2. The highest BCUT2D eigenvalue weighted by Gasteiger charge is 2.19. The molecule has 1 aromatic heterocycles. The van der Waals surface area contributed by atoms with E-state index in [2.05, 4.69) is 20.3 Å². The number of methoxy groups -OCH3 is 1. The summed E-state index contributed by atoms with van der Waals surface area (Å²) in [7, 11) is -2.34. The number of carbonyl (C=O) groups excluding carboxylic acids is 2. The van der Waals surface area contributed by atoms with Crippen LogP contribution in [0.3, 0.4) is 0 Å². The molecule has 0 atom stereocenters. The maximum absolute atomic E-state index is 12.5. The summed E-state index contributed by atoms with van der Waals surface area (Å²) in [6, 6.07) is 11.0. The van der Waals surface area contributed by atoms with Gasteiger partial charge in [0.15, 0.2) is 4.34 Å². The monoisotopic (exact) mass is 560 g/mol. The van der Waals surface area contributed by atoms with Crippen LogP contribution in [0, 0.1) is 0 Å². The first-order valence-electron chi connectivity index (χ1n) is 9.42. The second-order valence-corrected chi connectivity index (χ2v) is 11.8. The Morgan fingerprint density at radius 1 is 1.12 bits per heavy atom. The van der Waals surface area contributed by atoms with Crippen molar-refractivity contribution in [3.63, 3.8) is 0 Å². The SMILES string of the molecule is COC(=O)CSc1nnc(NC(=O)c2ccc(CN(c3cc(Cl)cc(Cl)c3)S(C)(=O)=O)cc2)s1. The minimum absolute atomic E-state index is 0.0224. The Morgan fingerprint density at radius 3 is 2.35 bits per heavy atom. The molecule has 0 bridgehead atoms. The molecule has 0 unspecified atom stereocenters. The summed E-state index contributed by atoms with van der Waals surface area (Å²) < 4.78 is 31.0. The normalized spacial score (nSPS) is 11.2. The van der Waals surface area contributed by atoms with E-state index in [1.807, 2.05) is 0 Å². The first kappa shape index (κ1) is 26.2. The van der Waals surface area contributed by atoms with E-state index in [0.717, 1.165) is 29.4 Å². The van der Waals surface area contributed by atoms with Crippen molar-refractivity contribution in [3.8, 4) is 0 Å². The van der Waals surface area contributed by atoms with Crippen LogP contribution in [0.4, 0.5) is 10.8 Å². The molecule has 0 spiro atoms. The lowest BCUT2D eigenvalue weighted by molar-refractivity contribution is -0.137. The van der Waals surface area contributed by atoms with E-state index >= 15 is 0 Å². The molecule has 3 rings (SSSR count). The minimum Gasteiger partial charge on any atom is -0.468 e. The lowest BCUT2D eigenvalue weighted by Crippen LogP contribution is -2.29. The molecule has 0 aliphatic rings. The standard InChI is InChI=1S/C20H18Cl2N4O5S3/c1-31-17(27)11-32-20-25-24-19(33-20)23-18(28)13-5-3-12(4-6-13)10-26(34(2,29)30)16-8-14(21)7-15(22)9-16/h3-9H,10-11H2,1-2H3,(H,23,24,28). The molecule has 0 aliphatic heterocycles. The number of esters is 1. The summed E-state index contributed by atoms with van der Waals surface area (Å²) in [5.41, 5.74) is 1.33. The fraction of sp³-hybridized carbons (Fsp3) is 0.200. The number of aromatic nitrogens is 2. The van der Waals surface area contributed by atoms with Crippen LogP contribution >= 0.6 is 46.3 Å². The van der Waals surface area contributed by atoms with Crippen LogP contribution in [-0.2, 0) is 26.1 Å². The average Bonchev–Trinajstić information content (AvgIpc) is 3.21. The second kappa shape index (κ2) is 11.4. The third-order valence-corrected chi connectivity index (χ3v) is 7.77. The molecule has 1 heterocycles. The third-order valence-electron chi connectivity index (χ3n) is 4.25. The van der Waals surface area contributed by atoms with E-state index in [9.17, 15) is 18.0 Å². The first-order chi connectivity index (χ1) is 16.0. The van der Waals surface area contributed by atoms with Gasteiger partial charge in [-0.15, -0.1) is 10.2 Å². The zero-order valence-electron chi connectivity index (χ0n) is 17.8. The number of anilines is 2. The second-order valence-electron chi connectivity index (χ2n) is 6.79. The number of rotatable bonds is 9. The van der Waals surface area contributed by atoms with Gasteiger partial charge in [-0.05, 0) is 35.9 Å². The topological polar surface area (TPSA) is 119 Å². The Morgan fingerprint density at radius 2 is 1.76 bits per heavy atom. The van der Waals surface area contributed by atoms with E-state index in [1.165, 1.54) is 29.6 Å². The van der Waals surface area contributed by atoms with Gasteiger partial charge in [0.05, 0.1) is 31.4 Å². The number of benzene rings is 2. The number of hydrogen-bond acceptors (Lipinski definition) is 9. The van der Waals surface area contributed by atoms with Gasteiger partial charge in [0.1, 0.15) is 0 Å². The van der Waals surface area contributed by atoms with Crippen molar-refractivity contribution in [2.75, 3.05) is 28.7 Å². The zero-order valence-corrected chi connectivity index (χ0v) is 21.8. The summed E-state index contributed by atoms with van der Waals surface area (Å²) in [6.07, 6.45) is 1.09. The third kappa shape index (κ3) is 7.31. The van der Waals surface area contributed by atoms with Crippen LogP contribution in [0.5, 0.6) is 0 Å². The van der Waals surface area contributed by atoms with E-state index in [1.54, 1.807) is 24.3 Å².